The summed E-state index contributed by atoms with van der Waals surface area (Å²) in [7, 11) is 0. The predicted molar refractivity (Wildman–Crippen MR) is 78.4 cm³/mol. The van der Waals surface area contributed by atoms with Crippen LogP contribution in [-0.4, -0.2) is 29.3 Å². The van der Waals surface area contributed by atoms with Gasteiger partial charge in [-0.1, -0.05) is 12.1 Å². The van der Waals surface area contributed by atoms with Crippen LogP contribution in [0.5, 0.6) is 0 Å². The normalized spacial score (nSPS) is 19.5. The van der Waals surface area contributed by atoms with Gasteiger partial charge in [0.25, 0.3) is 0 Å². The van der Waals surface area contributed by atoms with Crippen LogP contribution in [0.25, 0.3) is 0 Å². The van der Waals surface area contributed by atoms with Crippen molar-refractivity contribution in [1.82, 2.24) is 10.2 Å². The van der Waals surface area contributed by atoms with Crippen LogP contribution < -0.4 is 5.32 Å². The van der Waals surface area contributed by atoms with Crippen molar-refractivity contribution < 1.29 is 22.8 Å². The summed E-state index contributed by atoms with van der Waals surface area (Å²) in [6, 6.07) is 3.77. The third-order valence-electron chi connectivity index (χ3n) is 4.06. The van der Waals surface area contributed by atoms with Gasteiger partial charge in [0.2, 0.25) is 11.8 Å². The minimum Gasteiger partial charge on any atom is -0.348 e. The molecular weight excluding hydrogens is 309 g/mol. The minimum absolute atomic E-state index is 0.148. The second-order valence-electron chi connectivity index (χ2n) is 5.72. The fourth-order valence-electron chi connectivity index (χ4n) is 2.77. The van der Waals surface area contributed by atoms with Crippen LogP contribution in [0.15, 0.2) is 24.3 Å². The van der Waals surface area contributed by atoms with E-state index in [9.17, 15) is 22.8 Å². The van der Waals surface area contributed by atoms with Crippen molar-refractivity contribution in [3.05, 3.63) is 35.4 Å². The van der Waals surface area contributed by atoms with E-state index < -0.39 is 23.8 Å². The summed E-state index contributed by atoms with van der Waals surface area (Å²) in [5, 5.41) is 2.77. The van der Waals surface area contributed by atoms with Gasteiger partial charge in [-0.25, -0.2) is 0 Å². The third kappa shape index (κ3) is 4.03. The predicted octanol–water partition coefficient (Wildman–Crippen LogP) is 2.89. The molecule has 1 N–H and O–H groups in total. The van der Waals surface area contributed by atoms with Crippen molar-refractivity contribution in [3.8, 4) is 0 Å². The fraction of sp³-hybridized carbons (Fsp3) is 0.500. The Morgan fingerprint density at radius 1 is 1.26 bits per heavy atom. The SMILES string of the molecule is CC(=O)N1CCCC1C(=O)NC(C)c1ccc(C(F)(F)F)cc1. The number of carbonyl (C=O) groups is 2. The molecule has 1 aliphatic heterocycles. The van der Waals surface area contributed by atoms with Gasteiger partial charge in [-0.2, -0.15) is 13.2 Å². The van der Waals surface area contributed by atoms with Crippen molar-refractivity contribution in [2.24, 2.45) is 0 Å². The van der Waals surface area contributed by atoms with E-state index in [1.54, 1.807) is 6.92 Å². The first-order chi connectivity index (χ1) is 10.7. The topological polar surface area (TPSA) is 49.4 Å². The van der Waals surface area contributed by atoms with Crippen molar-refractivity contribution in [3.63, 3.8) is 0 Å². The van der Waals surface area contributed by atoms with E-state index in [0.29, 0.717) is 18.5 Å². The number of carbonyl (C=O) groups excluding carboxylic acids is 2. The molecule has 1 aromatic rings. The fourth-order valence-corrected chi connectivity index (χ4v) is 2.77. The highest BCUT2D eigenvalue weighted by atomic mass is 19.4. The van der Waals surface area contributed by atoms with Gasteiger partial charge >= 0.3 is 6.18 Å². The van der Waals surface area contributed by atoms with Crippen molar-refractivity contribution >= 4 is 11.8 Å². The van der Waals surface area contributed by atoms with E-state index in [4.69, 9.17) is 0 Å². The second kappa shape index (κ2) is 6.60. The molecule has 0 radical (unpaired) electrons. The van der Waals surface area contributed by atoms with Crippen LogP contribution >= 0.6 is 0 Å². The third-order valence-corrected chi connectivity index (χ3v) is 4.06. The van der Waals surface area contributed by atoms with E-state index in [2.05, 4.69) is 5.32 Å². The lowest BCUT2D eigenvalue weighted by Crippen LogP contribution is -2.45. The number of nitrogens with zero attached hydrogens (tertiary/aromatic N) is 1. The number of nitrogens with one attached hydrogen (secondary N) is 1. The molecule has 4 nitrogen and oxygen atoms in total. The molecule has 2 atom stereocenters. The van der Waals surface area contributed by atoms with Gasteiger partial charge in [0.05, 0.1) is 11.6 Å². The first-order valence-corrected chi connectivity index (χ1v) is 7.45. The van der Waals surface area contributed by atoms with E-state index in [1.165, 1.54) is 24.0 Å². The van der Waals surface area contributed by atoms with Gasteiger partial charge in [0, 0.05) is 13.5 Å². The standard InChI is InChI=1S/C16H19F3N2O2/c1-10(12-5-7-13(8-6-12)16(17,18)19)20-15(23)14-4-3-9-21(14)11(2)22/h5-8,10,14H,3-4,9H2,1-2H3,(H,20,23). The molecule has 23 heavy (non-hydrogen) atoms. The van der Waals surface area contributed by atoms with Gasteiger partial charge in [-0.05, 0) is 37.5 Å². The summed E-state index contributed by atoms with van der Waals surface area (Å²) in [4.78, 5) is 25.3. The van der Waals surface area contributed by atoms with Crippen LogP contribution in [0.4, 0.5) is 13.2 Å². The van der Waals surface area contributed by atoms with Crippen LogP contribution in [0.2, 0.25) is 0 Å². The quantitative estimate of drug-likeness (QED) is 0.927. The highest BCUT2D eigenvalue weighted by molar-refractivity contribution is 5.87. The maximum atomic E-state index is 12.5. The average Bonchev–Trinajstić information content (AvgIpc) is 2.96. The van der Waals surface area contributed by atoms with E-state index in [-0.39, 0.29) is 11.8 Å². The zero-order chi connectivity index (χ0) is 17.2. The largest absolute Gasteiger partial charge is 0.416 e. The first-order valence-electron chi connectivity index (χ1n) is 7.45. The van der Waals surface area contributed by atoms with Gasteiger partial charge < -0.3 is 10.2 Å². The van der Waals surface area contributed by atoms with Crippen molar-refractivity contribution in [1.29, 1.82) is 0 Å². The Morgan fingerprint density at radius 2 is 1.87 bits per heavy atom. The molecular formula is C16H19F3N2O2. The zero-order valence-electron chi connectivity index (χ0n) is 13.0. The van der Waals surface area contributed by atoms with Crippen LogP contribution in [0.3, 0.4) is 0 Å². The summed E-state index contributed by atoms with van der Waals surface area (Å²) >= 11 is 0. The lowest BCUT2D eigenvalue weighted by Gasteiger charge is -2.24. The molecule has 1 saturated heterocycles. The highest BCUT2D eigenvalue weighted by Gasteiger charge is 2.33. The Kier molecular flexibility index (Phi) is 4.97. The summed E-state index contributed by atoms with van der Waals surface area (Å²) in [5.41, 5.74) is -0.142. The summed E-state index contributed by atoms with van der Waals surface area (Å²) in [5.74, 6) is -0.421. The molecule has 7 heteroatoms. The summed E-state index contributed by atoms with van der Waals surface area (Å²) in [6.45, 7) is 3.68. The van der Waals surface area contributed by atoms with Gasteiger partial charge in [0.15, 0.2) is 0 Å². The number of alkyl halides is 3. The summed E-state index contributed by atoms with van der Waals surface area (Å²) < 4.78 is 37.6. The number of hydrogen-bond acceptors (Lipinski definition) is 2. The van der Waals surface area contributed by atoms with Crippen LogP contribution in [0, 0.1) is 0 Å². The number of benzene rings is 1. The highest BCUT2D eigenvalue weighted by Crippen LogP contribution is 2.30. The molecule has 1 aliphatic rings. The Labute approximate surface area is 132 Å². The Balaban J connectivity index is 2.02. The lowest BCUT2D eigenvalue weighted by molar-refractivity contribution is -0.137. The zero-order valence-corrected chi connectivity index (χ0v) is 13.0. The number of hydrogen-bond donors (Lipinski definition) is 1. The molecule has 0 aromatic heterocycles. The van der Waals surface area contributed by atoms with E-state index in [0.717, 1.165) is 18.6 Å². The molecule has 0 spiro atoms. The maximum absolute atomic E-state index is 12.5. The van der Waals surface area contributed by atoms with Crippen LogP contribution in [-0.2, 0) is 15.8 Å². The lowest BCUT2D eigenvalue weighted by atomic mass is 10.1. The Morgan fingerprint density at radius 3 is 2.39 bits per heavy atom. The molecule has 0 saturated carbocycles. The molecule has 2 unspecified atom stereocenters. The van der Waals surface area contributed by atoms with Gasteiger partial charge in [-0.15, -0.1) is 0 Å². The number of likely N-dealkylation sites (tertiary alicyclic amines) is 1. The van der Waals surface area contributed by atoms with Gasteiger partial charge in [0.1, 0.15) is 6.04 Å². The van der Waals surface area contributed by atoms with Crippen LogP contribution in [0.1, 0.15) is 43.9 Å². The smallest absolute Gasteiger partial charge is 0.348 e. The Hall–Kier alpha value is -2.05. The van der Waals surface area contributed by atoms with Gasteiger partial charge in [-0.3, -0.25) is 9.59 Å². The van der Waals surface area contributed by atoms with Crippen molar-refractivity contribution in [2.45, 2.75) is 44.9 Å². The van der Waals surface area contributed by atoms with E-state index in [1.807, 2.05) is 0 Å². The Bertz CT molecular complexity index is 584. The molecule has 126 valence electrons. The van der Waals surface area contributed by atoms with E-state index >= 15 is 0 Å². The maximum Gasteiger partial charge on any atom is 0.416 e. The molecule has 0 bridgehead atoms. The minimum atomic E-state index is -4.38. The summed E-state index contributed by atoms with van der Waals surface area (Å²) in [6.07, 6.45) is -3.01. The number of halogens is 3. The monoisotopic (exact) mass is 328 g/mol. The van der Waals surface area contributed by atoms with Crippen molar-refractivity contribution in [2.75, 3.05) is 6.54 Å². The molecule has 1 heterocycles. The molecule has 0 aliphatic carbocycles. The number of amides is 2. The average molecular weight is 328 g/mol. The second-order valence-corrected chi connectivity index (χ2v) is 5.72. The molecule has 1 aromatic carbocycles. The molecule has 2 amide bonds. The number of rotatable bonds is 3. The molecule has 1 fully saturated rings. The first kappa shape index (κ1) is 17.3. The molecule has 2 rings (SSSR count).